The first-order valence-corrected chi connectivity index (χ1v) is 12.7. The highest BCUT2D eigenvalue weighted by Gasteiger charge is 2.17. The van der Waals surface area contributed by atoms with E-state index < -0.39 is 5.91 Å². The summed E-state index contributed by atoms with van der Waals surface area (Å²) in [4.78, 5) is 26.3. The normalized spacial score (nSPS) is 11.5. The molecule has 12 heteroatoms. The number of hydrazone groups is 1. The van der Waals surface area contributed by atoms with Gasteiger partial charge in [0.1, 0.15) is 5.75 Å². The molecule has 3 N–H and O–H groups in total. The summed E-state index contributed by atoms with van der Waals surface area (Å²) in [6.45, 7) is 2.00. The summed E-state index contributed by atoms with van der Waals surface area (Å²) in [6, 6.07) is 10.1. The Balaban J connectivity index is 1.40. The predicted molar refractivity (Wildman–Crippen MR) is 140 cm³/mol. The molecule has 0 saturated heterocycles. The van der Waals surface area contributed by atoms with Crippen molar-refractivity contribution in [2.75, 3.05) is 0 Å². The summed E-state index contributed by atoms with van der Waals surface area (Å²) in [7, 11) is 1.79. The number of carbonyl (C=O) groups excluding carboxylic acids is 2. The Bertz CT molecular complexity index is 1440. The molecule has 0 radical (unpaired) electrons. The van der Waals surface area contributed by atoms with Crippen molar-refractivity contribution >= 4 is 63.4 Å². The zero-order chi connectivity index (χ0) is 25.1. The van der Waals surface area contributed by atoms with Gasteiger partial charge in [0, 0.05) is 18.6 Å². The Morgan fingerprint density at radius 3 is 2.54 bits per heavy atom. The number of aryl methyl sites for hydroxylation is 1. The van der Waals surface area contributed by atoms with Crippen molar-refractivity contribution in [3.8, 4) is 16.2 Å². The summed E-state index contributed by atoms with van der Waals surface area (Å²) in [5.74, 6) is -0.709. The Kier molecular flexibility index (Phi) is 7.56. The number of benzene rings is 1. The highest BCUT2D eigenvalue weighted by atomic mass is 35.5. The van der Waals surface area contributed by atoms with Crippen molar-refractivity contribution in [3.63, 3.8) is 0 Å². The maximum atomic E-state index is 12.5. The number of rotatable bonds is 7. The molecule has 0 atom stereocenters. The van der Waals surface area contributed by atoms with Crippen LogP contribution in [0.25, 0.3) is 10.4 Å². The van der Waals surface area contributed by atoms with Crippen LogP contribution in [0.15, 0.2) is 53.1 Å². The summed E-state index contributed by atoms with van der Waals surface area (Å²) in [5.41, 5.74) is 4.96. The second-order valence-corrected chi connectivity index (χ2v) is 10.2. The summed E-state index contributed by atoms with van der Waals surface area (Å²) < 4.78 is 1.67. The van der Waals surface area contributed by atoms with Gasteiger partial charge in [0.2, 0.25) is 0 Å². The van der Waals surface area contributed by atoms with Gasteiger partial charge in [0.05, 0.1) is 48.2 Å². The maximum Gasteiger partial charge on any atom is 0.281 e. The van der Waals surface area contributed by atoms with Crippen molar-refractivity contribution in [1.82, 2.24) is 20.5 Å². The van der Waals surface area contributed by atoms with E-state index in [2.05, 4.69) is 20.9 Å². The van der Waals surface area contributed by atoms with E-state index in [1.54, 1.807) is 60.6 Å². The van der Waals surface area contributed by atoms with E-state index in [-0.39, 0.29) is 11.7 Å². The molecule has 0 saturated carbocycles. The third-order valence-corrected chi connectivity index (χ3v) is 7.91. The fourth-order valence-corrected chi connectivity index (χ4v) is 5.23. The van der Waals surface area contributed by atoms with Gasteiger partial charge in [-0.15, -0.1) is 22.7 Å². The Hall–Kier alpha value is -3.18. The molecular formula is C23H19Cl2N5O3S2. The monoisotopic (exact) mass is 547 g/mol. The van der Waals surface area contributed by atoms with Gasteiger partial charge in [-0.05, 0) is 42.8 Å². The molecule has 0 unspecified atom stereocenters. The summed E-state index contributed by atoms with van der Waals surface area (Å²) >= 11 is 14.4. The molecular weight excluding hydrogens is 529 g/mol. The lowest BCUT2D eigenvalue weighted by molar-refractivity contribution is 0.0949. The molecule has 35 heavy (non-hydrogen) atoms. The van der Waals surface area contributed by atoms with Crippen molar-refractivity contribution in [3.05, 3.63) is 79.0 Å². The van der Waals surface area contributed by atoms with Gasteiger partial charge in [0.25, 0.3) is 11.8 Å². The number of nitrogens with one attached hydrogen (secondary N) is 2. The molecule has 1 aromatic carbocycles. The summed E-state index contributed by atoms with van der Waals surface area (Å²) in [6.07, 6.45) is 1.65. The van der Waals surface area contributed by atoms with E-state index in [0.717, 1.165) is 22.6 Å². The molecule has 0 aliphatic heterocycles. The van der Waals surface area contributed by atoms with E-state index in [1.807, 2.05) is 6.07 Å². The van der Waals surface area contributed by atoms with Crippen LogP contribution in [0.5, 0.6) is 5.75 Å². The number of aromatic nitrogens is 2. The average Bonchev–Trinajstić information content (AvgIpc) is 3.58. The van der Waals surface area contributed by atoms with Gasteiger partial charge in [-0.3, -0.25) is 14.3 Å². The van der Waals surface area contributed by atoms with Crippen LogP contribution in [0, 0.1) is 0 Å². The molecule has 3 aromatic heterocycles. The number of hydrogen-bond donors (Lipinski definition) is 3. The lowest BCUT2D eigenvalue weighted by Crippen LogP contribution is -2.23. The van der Waals surface area contributed by atoms with Crippen LogP contribution >= 0.6 is 45.9 Å². The number of amides is 2. The highest BCUT2D eigenvalue weighted by Crippen LogP contribution is 2.40. The van der Waals surface area contributed by atoms with Crippen LogP contribution < -0.4 is 10.7 Å². The van der Waals surface area contributed by atoms with E-state index in [1.165, 1.54) is 11.3 Å². The predicted octanol–water partition coefficient (Wildman–Crippen LogP) is 5.31. The maximum absolute atomic E-state index is 12.5. The Labute approximate surface area is 218 Å². The van der Waals surface area contributed by atoms with Gasteiger partial charge in [-0.1, -0.05) is 29.3 Å². The minimum Gasteiger partial charge on any atom is -0.506 e. The standard InChI is InChI=1S/C23H19Cl2N5O3S2/c1-12(15-11-34-21(20(15)31)13-3-4-16(24)17(25)9-13)28-29-23(33)19-6-5-18(35-19)22(32)26-10-14-7-8-27-30(14)2/h3-9,11,31H,10H2,1-2H3,(H,26,32)(H,29,33). The molecule has 0 bridgehead atoms. The number of aromatic hydroxyl groups is 1. The Morgan fingerprint density at radius 1 is 1.11 bits per heavy atom. The van der Waals surface area contributed by atoms with Crippen molar-refractivity contribution in [1.29, 1.82) is 0 Å². The largest absolute Gasteiger partial charge is 0.506 e. The molecule has 2 amide bonds. The van der Waals surface area contributed by atoms with Gasteiger partial charge in [-0.2, -0.15) is 10.2 Å². The lowest BCUT2D eigenvalue weighted by Gasteiger charge is -2.04. The molecule has 8 nitrogen and oxygen atoms in total. The SMILES string of the molecule is CC(=NNC(=O)c1ccc(C(=O)NCc2ccnn2C)s1)c1csc(-c2ccc(Cl)c(Cl)c2)c1O. The van der Waals surface area contributed by atoms with E-state index in [9.17, 15) is 14.7 Å². The highest BCUT2D eigenvalue weighted by molar-refractivity contribution is 7.16. The fraction of sp³-hybridized carbons (Fsp3) is 0.130. The van der Waals surface area contributed by atoms with Crippen molar-refractivity contribution < 1.29 is 14.7 Å². The third-order valence-electron chi connectivity index (χ3n) is 5.07. The first-order valence-electron chi connectivity index (χ1n) is 10.2. The molecule has 0 aliphatic rings. The molecule has 4 rings (SSSR count). The van der Waals surface area contributed by atoms with Crippen LogP contribution in [0.3, 0.4) is 0 Å². The third kappa shape index (κ3) is 5.57. The molecule has 180 valence electrons. The van der Waals surface area contributed by atoms with Gasteiger partial charge in [0.15, 0.2) is 0 Å². The molecule has 4 aromatic rings. The van der Waals surface area contributed by atoms with E-state index in [4.69, 9.17) is 23.2 Å². The zero-order valence-corrected chi connectivity index (χ0v) is 21.6. The van der Waals surface area contributed by atoms with E-state index >= 15 is 0 Å². The minimum atomic E-state index is -0.459. The first-order chi connectivity index (χ1) is 16.7. The molecule has 0 spiro atoms. The molecule has 3 heterocycles. The summed E-state index contributed by atoms with van der Waals surface area (Å²) in [5, 5.41) is 24.2. The second-order valence-electron chi connectivity index (χ2n) is 7.39. The first kappa shape index (κ1) is 24.9. The Morgan fingerprint density at radius 2 is 1.86 bits per heavy atom. The van der Waals surface area contributed by atoms with Crippen LogP contribution in [0.1, 0.15) is 37.5 Å². The van der Waals surface area contributed by atoms with Gasteiger partial charge < -0.3 is 10.4 Å². The molecule has 0 fully saturated rings. The smallest absolute Gasteiger partial charge is 0.281 e. The van der Waals surface area contributed by atoms with Gasteiger partial charge in [-0.25, -0.2) is 5.43 Å². The van der Waals surface area contributed by atoms with Crippen molar-refractivity contribution in [2.24, 2.45) is 12.1 Å². The number of carbonyl (C=O) groups is 2. The molecule has 0 aliphatic carbocycles. The second kappa shape index (κ2) is 10.6. The van der Waals surface area contributed by atoms with Crippen LogP contribution in [0.4, 0.5) is 0 Å². The van der Waals surface area contributed by atoms with Crippen LogP contribution in [-0.4, -0.2) is 32.4 Å². The van der Waals surface area contributed by atoms with Crippen LogP contribution in [0.2, 0.25) is 10.0 Å². The fourth-order valence-electron chi connectivity index (χ4n) is 3.12. The van der Waals surface area contributed by atoms with Crippen molar-refractivity contribution in [2.45, 2.75) is 13.5 Å². The quantitative estimate of drug-likeness (QED) is 0.215. The zero-order valence-electron chi connectivity index (χ0n) is 18.5. The average molecular weight is 548 g/mol. The van der Waals surface area contributed by atoms with E-state index in [0.29, 0.717) is 42.5 Å². The lowest BCUT2D eigenvalue weighted by atomic mass is 10.1. The number of halogens is 2. The topological polar surface area (TPSA) is 109 Å². The number of thiophene rings is 2. The van der Waals surface area contributed by atoms with Gasteiger partial charge >= 0.3 is 0 Å². The minimum absolute atomic E-state index is 0.0346. The number of nitrogens with zero attached hydrogens (tertiary/aromatic N) is 3. The number of hydrogen-bond acceptors (Lipinski definition) is 7. The van der Waals surface area contributed by atoms with Crippen LogP contribution in [-0.2, 0) is 13.6 Å².